The molecule has 3 N–H and O–H groups in total. The largest absolute Gasteiger partial charge is 0.473 e. The minimum atomic E-state index is -1.82. The molecule has 3 aliphatic rings. The normalized spacial score (nSPS) is 23.8. The second-order valence-corrected chi connectivity index (χ2v) is 4.72. The summed E-state index contributed by atoms with van der Waals surface area (Å²) in [7, 11) is 0. The van der Waals surface area contributed by atoms with Crippen LogP contribution in [0.25, 0.3) is 0 Å². The minimum Gasteiger partial charge on any atom is -0.473 e. The van der Waals surface area contributed by atoms with E-state index in [1.54, 1.807) is 0 Å². The standard InChI is InChI=1S/C11H11NO3.C2H2O4/c1-6-7(2-9-8(1)13-5-14-9)11-4-12-3-10(6)15-11;3-1(4)2(5)6/h1-2,10-12H,3-5H2;(H,3,4)(H,5,6). The van der Waals surface area contributed by atoms with Crippen LogP contribution >= 0.6 is 0 Å². The van der Waals surface area contributed by atoms with Gasteiger partial charge in [-0.25, -0.2) is 9.59 Å². The Hall–Kier alpha value is -2.32. The Morgan fingerprint density at radius 3 is 1.90 bits per heavy atom. The van der Waals surface area contributed by atoms with E-state index in [2.05, 4.69) is 17.4 Å². The number of fused-ring (bicyclic) bond motifs is 6. The molecular weight excluding hydrogens is 282 g/mol. The molecule has 3 heterocycles. The van der Waals surface area contributed by atoms with Gasteiger partial charge in [0.2, 0.25) is 6.79 Å². The second kappa shape index (κ2) is 5.23. The number of ether oxygens (including phenoxy) is 3. The van der Waals surface area contributed by atoms with Crippen molar-refractivity contribution in [3.05, 3.63) is 23.3 Å². The van der Waals surface area contributed by atoms with Gasteiger partial charge in [0.05, 0.1) is 12.2 Å². The van der Waals surface area contributed by atoms with Crippen LogP contribution in [0.5, 0.6) is 11.5 Å². The van der Waals surface area contributed by atoms with E-state index in [-0.39, 0.29) is 12.2 Å². The fourth-order valence-electron chi connectivity index (χ4n) is 2.54. The fourth-order valence-corrected chi connectivity index (χ4v) is 2.54. The van der Waals surface area contributed by atoms with E-state index in [0.717, 1.165) is 24.6 Å². The average molecular weight is 295 g/mol. The van der Waals surface area contributed by atoms with Crippen molar-refractivity contribution in [3.63, 3.8) is 0 Å². The average Bonchev–Trinajstić information content (AvgIpc) is 3.01. The highest BCUT2D eigenvalue weighted by Crippen LogP contribution is 2.46. The predicted octanol–water partition coefficient (Wildman–Crippen LogP) is 0.287. The summed E-state index contributed by atoms with van der Waals surface area (Å²) >= 11 is 0. The van der Waals surface area contributed by atoms with Gasteiger partial charge >= 0.3 is 11.9 Å². The third-order valence-electron chi connectivity index (χ3n) is 3.44. The van der Waals surface area contributed by atoms with Crippen molar-refractivity contribution < 1.29 is 34.0 Å². The molecule has 0 amide bonds. The van der Waals surface area contributed by atoms with Crippen molar-refractivity contribution in [3.8, 4) is 11.5 Å². The molecular formula is C13H13NO7. The first-order chi connectivity index (χ1) is 10.1. The summed E-state index contributed by atoms with van der Waals surface area (Å²) in [5, 5.41) is 18.1. The van der Waals surface area contributed by atoms with Crippen LogP contribution in [0.1, 0.15) is 23.3 Å². The Morgan fingerprint density at radius 2 is 1.48 bits per heavy atom. The van der Waals surface area contributed by atoms with Gasteiger partial charge in [-0.2, -0.15) is 0 Å². The van der Waals surface area contributed by atoms with Crippen molar-refractivity contribution in [2.75, 3.05) is 19.9 Å². The molecule has 2 bridgehead atoms. The van der Waals surface area contributed by atoms with Gasteiger partial charge in [0.1, 0.15) is 0 Å². The van der Waals surface area contributed by atoms with Crippen LogP contribution < -0.4 is 14.8 Å². The molecule has 112 valence electrons. The summed E-state index contributed by atoms with van der Waals surface area (Å²) in [6, 6.07) is 4.13. The van der Waals surface area contributed by atoms with Crippen LogP contribution in [0.3, 0.4) is 0 Å². The number of hydrogen-bond acceptors (Lipinski definition) is 6. The number of carboxylic acids is 2. The molecule has 0 aliphatic carbocycles. The van der Waals surface area contributed by atoms with E-state index < -0.39 is 11.9 Å². The molecule has 0 spiro atoms. The summed E-state index contributed by atoms with van der Waals surface area (Å²) in [4.78, 5) is 18.2. The van der Waals surface area contributed by atoms with Crippen LogP contribution in [0.2, 0.25) is 0 Å². The molecule has 1 aromatic rings. The van der Waals surface area contributed by atoms with Gasteiger partial charge in [0.15, 0.2) is 11.5 Å². The van der Waals surface area contributed by atoms with Gasteiger partial charge in [-0.3, -0.25) is 0 Å². The van der Waals surface area contributed by atoms with E-state index in [9.17, 15) is 0 Å². The van der Waals surface area contributed by atoms with Gasteiger partial charge in [0, 0.05) is 13.1 Å². The molecule has 1 aromatic carbocycles. The first-order valence-corrected chi connectivity index (χ1v) is 6.32. The van der Waals surface area contributed by atoms with Crippen LogP contribution in [0, 0.1) is 0 Å². The highest BCUT2D eigenvalue weighted by Gasteiger charge is 2.36. The summed E-state index contributed by atoms with van der Waals surface area (Å²) in [6.45, 7) is 2.12. The maximum atomic E-state index is 9.10. The molecule has 8 heteroatoms. The van der Waals surface area contributed by atoms with E-state index in [1.807, 2.05) is 0 Å². The zero-order valence-electron chi connectivity index (χ0n) is 10.9. The number of aliphatic carboxylic acids is 2. The van der Waals surface area contributed by atoms with E-state index in [1.165, 1.54) is 11.1 Å². The highest BCUT2D eigenvalue weighted by atomic mass is 16.7. The molecule has 3 aliphatic heterocycles. The topological polar surface area (TPSA) is 114 Å². The van der Waals surface area contributed by atoms with Crippen LogP contribution in [0.15, 0.2) is 12.1 Å². The molecule has 2 unspecified atom stereocenters. The fraction of sp³-hybridized carbons (Fsp3) is 0.385. The van der Waals surface area contributed by atoms with Crippen LogP contribution in [-0.2, 0) is 14.3 Å². The van der Waals surface area contributed by atoms with Crippen molar-refractivity contribution in [1.82, 2.24) is 5.32 Å². The van der Waals surface area contributed by atoms with E-state index >= 15 is 0 Å². The van der Waals surface area contributed by atoms with Crippen molar-refractivity contribution >= 4 is 11.9 Å². The number of nitrogens with one attached hydrogen (secondary N) is 1. The lowest BCUT2D eigenvalue weighted by Gasteiger charge is -2.21. The summed E-state index contributed by atoms with van der Waals surface area (Å²) < 4.78 is 16.6. The Morgan fingerprint density at radius 1 is 1.00 bits per heavy atom. The van der Waals surface area contributed by atoms with Crippen LogP contribution in [-0.4, -0.2) is 42.0 Å². The molecule has 2 atom stereocenters. The number of benzene rings is 1. The molecule has 21 heavy (non-hydrogen) atoms. The van der Waals surface area contributed by atoms with E-state index in [4.69, 9.17) is 34.0 Å². The van der Waals surface area contributed by atoms with Crippen molar-refractivity contribution in [2.24, 2.45) is 0 Å². The number of carbonyl (C=O) groups is 2. The third kappa shape index (κ3) is 2.50. The number of hydrogen-bond donors (Lipinski definition) is 3. The Bertz CT molecular complexity index is 551. The maximum Gasteiger partial charge on any atom is 0.414 e. The van der Waals surface area contributed by atoms with Crippen molar-refractivity contribution in [1.29, 1.82) is 0 Å². The first-order valence-electron chi connectivity index (χ1n) is 6.32. The Balaban J connectivity index is 0.000000192. The second-order valence-electron chi connectivity index (χ2n) is 4.72. The maximum absolute atomic E-state index is 9.10. The minimum absolute atomic E-state index is 0.188. The summed E-state index contributed by atoms with van der Waals surface area (Å²) in [6.07, 6.45) is 0.376. The molecule has 4 rings (SSSR count). The monoisotopic (exact) mass is 295 g/mol. The van der Waals surface area contributed by atoms with Crippen LogP contribution in [0.4, 0.5) is 0 Å². The van der Waals surface area contributed by atoms with Gasteiger partial charge in [-0.1, -0.05) is 0 Å². The lowest BCUT2D eigenvalue weighted by atomic mass is 10.0. The van der Waals surface area contributed by atoms with Crippen molar-refractivity contribution in [2.45, 2.75) is 12.2 Å². The lowest BCUT2D eigenvalue weighted by Crippen LogP contribution is -2.30. The Kier molecular flexibility index (Phi) is 3.40. The zero-order chi connectivity index (χ0) is 15.0. The summed E-state index contributed by atoms with van der Waals surface area (Å²) in [5.74, 6) is -1.94. The van der Waals surface area contributed by atoms with Gasteiger partial charge in [-0.15, -0.1) is 0 Å². The number of morpholine rings is 1. The molecule has 0 aromatic heterocycles. The van der Waals surface area contributed by atoms with Gasteiger partial charge in [0.25, 0.3) is 0 Å². The molecule has 8 nitrogen and oxygen atoms in total. The third-order valence-corrected chi connectivity index (χ3v) is 3.44. The smallest absolute Gasteiger partial charge is 0.414 e. The van der Waals surface area contributed by atoms with Gasteiger partial charge in [-0.05, 0) is 23.3 Å². The number of carboxylic acid groups (broad SMARTS) is 2. The van der Waals surface area contributed by atoms with Gasteiger partial charge < -0.3 is 29.7 Å². The first kappa shape index (κ1) is 13.7. The molecule has 1 saturated heterocycles. The number of rotatable bonds is 0. The quantitative estimate of drug-likeness (QED) is 0.585. The highest BCUT2D eigenvalue weighted by molar-refractivity contribution is 6.27. The Labute approximate surface area is 119 Å². The zero-order valence-corrected chi connectivity index (χ0v) is 10.9. The molecule has 0 radical (unpaired) electrons. The van der Waals surface area contributed by atoms with E-state index in [0.29, 0.717) is 6.79 Å². The molecule has 1 fully saturated rings. The predicted molar refractivity (Wildman–Crippen MR) is 67.3 cm³/mol. The summed E-state index contributed by atoms with van der Waals surface area (Å²) in [5.41, 5.74) is 2.52. The SMILES string of the molecule is O=C(O)C(=O)O.c1c2c(cc3c1C1CNCC3O1)OCO2. The molecule has 0 saturated carbocycles. The lowest BCUT2D eigenvalue weighted by molar-refractivity contribution is -0.159.